The zero-order valence-electron chi connectivity index (χ0n) is 15.7. The summed E-state index contributed by atoms with van der Waals surface area (Å²) in [5.74, 6) is 1.80. The highest BCUT2D eigenvalue weighted by Crippen LogP contribution is 2.24. The molecule has 1 N–H and O–H groups in total. The molecule has 0 spiro atoms. The minimum Gasteiger partial charge on any atom is -0.496 e. The maximum absolute atomic E-state index is 6.05. The van der Waals surface area contributed by atoms with Crippen LogP contribution >= 0.6 is 35.6 Å². The summed E-state index contributed by atoms with van der Waals surface area (Å²) >= 11 is 6.05. The molecule has 0 bridgehead atoms. The molecule has 2 aliphatic heterocycles. The smallest absolute Gasteiger partial charge is 0.194 e. The lowest BCUT2D eigenvalue weighted by Crippen LogP contribution is -2.42. The van der Waals surface area contributed by atoms with E-state index in [4.69, 9.17) is 21.3 Å². The maximum Gasteiger partial charge on any atom is 0.194 e. The number of guanidine groups is 1. The van der Waals surface area contributed by atoms with Gasteiger partial charge in [-0.1, -0.05) is 17.7 Å². The van der Waals surface area contributed by atoms with Crippen molar-refractivity contribution in [1.82, 2.24) is 15.1 Å². The normalized spacial score (nSPS) is 21.0. The standard InChI is InChI=1S/C19H29ClN4O.HI/c1-3-21-19(22-13-15-6-7-16(20)12-18(15)25-2)24-11-8-17(14-24)23-9-4-5-10-23;/h6-7,12,17H,3-5,8-11,13-14H2,1-2H3,(H,21,22);1H. The van der Waals surface area contributed by atoms with Gasteiger partial charge < -0.3 is 15.0 Å². The van der Waals surface area contributed by atoms with Gasteiger partial charge in [-0.2, -0.15) is 0 Å². The minimum absolute atomic E-state index is 0. The Balaban J connectivity index is 0.00000243. The molecule has 1 aromatic rings. The van der Waals surface area contributed by atoms with Crippen LogP contribution in [0, 0.1) is 0 Å². The number of methoxy groups -OCH3 is 1. The van der Waals surface area contributed by atoms with Crippen LogP contribution in [-0.2, 0) is 6.54 Å². The lowest BCUT2D eigenvalue weighted by atomic mass is 10.2. The van der Waals surface area contributed by atoms with Crippen molar-refractivity contribution in [2.24, 2.45) is 4.99 Å². The van der Waals surface area contributed by atoms with E-state index in [1.807, 2.05) is 18.2 Å². The summed E-state index contributed by atoms with van der Waals surface area (Å²) in [7, 11) is 1.67. The molecule has 0 aromatic heterocycles. The van der Waals surface area contributed by atoms with Crippen molar-refractivity contribution in [1.29, 1.82) is 0 Å². The van der Waals surface area contributed by atoms with E-state index in [9.17, 15) is 0 Å². The van der Waals surface area contributed by atoms with Crippen LogP contribution in [-0.4, -0.2) is 61.6 Å². The molecule has 0 radical (unpaired) electrons. The number of ether oxygens (including phenoxy) is 1. The summed E-state index contributed by atoms with van der Waals surface area (Å²) < 4.78 is 5.43. The quantitative estimate of drug-likeness (QED) is 0.387. The molecule has 2 heterocycles. The molecule has 1 atom stereocenters. The topological polar surface area (TPSA) is 40.1 Å². The second-order valence-corrected chi connectivity index (χ2v) is 7.19. The van der Waals surface area contributed by atoms with Gasteiger partial charge in [0, 0.05) is 36.3 Å². The van der Waals surface area contributed by atoms with Crippen molar-refractivity contribution >= 4 is 41.5 Å². The average molecular weight is 493 g/mol. The molecule has 3 rings (SSSR count). The Kier molecular flexibility index (Phi) is 8.76. The van der Waals surface area contributed by atoms with Crippen LogP contribution in [0.5, 0.6) is 5.75 Å². The predicted molar refractivity (Wildman–Crippen MR) is 119 cm³/mol. The molecule has 5 nitrogen and oxygen atoms in total. The SMILES string of the molecule is CCNC(=NCc1ccc(Cl)cc1OC)N1CCC(N2CCCC2)C1.I. The molecule has 146 valence electrons. The molecule has 0 saturated carbocycles. The van der Waals surface area contributed by atoms with Crippen molar-refractivity contribution in [3.8, 4) is 5.75 Å². The fraction of sp³-hybridized carbons (Fsp3) is 0.632. The van der Waals surface area contributed by atoms with Gasteiger partial charge in [-0.15, -0.1) is 24.0 Å². The van der Waals surface area contributed by atoms with Gasteiger partial charge in [0.25, 0.3) is 0 Å². The summed E-state index contributed by atoms with van der Waals surface area (Å²) in [6.45, 7) is 8.25. The zero-order chi connectivity index (χ0) is 17.6. The number of likely N-dealkylation sites (tertiary alicyclic amines) is 2. The van der Waals surface area contributed by atoms with E-state index in [-0.39, 0.29) is 24.0 Å². The van der Waals surface area contributed by atoms with Crippen LogP contribution in [0.3, 0.4) is 0 Å². The second-order valence-electron chi connectivity index (χ2n) is 6.76. The fourth-order valence-electron chi connectivity index (χ4n) is 3.77. The number of halogens is 2. The fourth-order valence-corrected chi connectivity index (χ4v) is 3.94. The van der Waals surface area contributed by atoms with E-state index in [2.05, 4.69) is 22.0 Å². The first-order valence-corrected chi connectivity index (χ1v) is 9.68. The molecule has 1 aromatic carbocycles. The Bertz CT molecular complexity index is 607. The highest BCUT2D eigenvalue weighted by molar-refractivity contribution is 14.0. The first-order chi connectivity index (χ1) is 12.2. The molecule has 0 amide bonds. The summed E-state index contributed by atoms with van der Waals surface area (Å²) in [6.07, 6.45) is 3.93. The monoisotopic (exact) mass is 492 g/mol. The zero-order valence-corrected chi connectivity index (χ0v) is 18.8. The van der Waals surface area contributed by atoms with Crippen molar-refractivity contribution in [2.75, 3.05) is 39.8 Å². The lowest BCUT2D eigenvalue weighted by Gasteiger charge is -2.25. The van der Waals surface area contributed by atoms with Gasteiger partial charge in [0.2, 0.25) is 0 Å². The van der Waals surface area contributed by atoms with Crippen LogP contribution in [0.2, 0.25) is 5.02 Å². The highest BCUT2D eigenvalue weighted by atomic mass is 127. The third-order valence-corrected chi connectivity index (χ3v) is 5.34. The second kappa shape index (κ2) is 10.6. The Hall–Kier alpha value is -0.730. The molecule has 2 aliphatic rings. The van der Waals surface area contributed by atoms with E-state index in [1.165, 1.54) is 32.4 Å². The largest absolute Gasteiger partial charge is 0.496 e. The minimum atomic E-state index is 0. The number of rotatable bonds is 5. The van der Waals surface area contributed by atoms with Crippen molar-refractivity contribution in [3.63, 3.8) is 0 Å². The summed E-state index contributed by atoms with van der Waals surface area (Å²) in [6, 6.07) is 6.40. The third-order valence-electron chi connectivity index (χ3n) is 5.10. The lowest BCUT2D eigenvalue weighted by molar-refractivity contribution is 0.249. The summed E-state index contributed by atoms with van der Waals surface area (Å²) in [4.78, 5) is 9.90. The molecular weight excluding hydrogens is 463 g/mol. The van der Waals surface area contributed by atoms with Crippen LogP contribution in [0.25, 0.3) is 0 Å². The Labute approximate surface area is 179 Å². The van der Waals surface area contributed by atoms with Gasteiger partial charge in [0.15, 0.2) is 5.96 Å². The molecule has 0 aliphatic carbocycles. The van der Waals surface area contributed by atoms with Gasteiger partial charge in [0.05, 0.1) is 13.7 Å². The molecule has 7 heteroatoms. The van der Waals surface area contributed by atoms with E-state index < -0.39 is 0 Å². The van der Waals surface area contributed by atoms with Crippen molar-refractivity contribution < 1.29 is 4.74 Å². The van der Waals surface area contributed by atoms with Gasteiger partial charge in [-0.05, 0) is 51.4 Å². The molecule has 1 unspecified atom stereocenters. The summed E-state index contributed by atoms with van der Waals surface area (Å²) in [5, 5.41) is 4.13. The first-order valence-electron chi connectivity index (χ1n) is 9.31. The predicted octanol–water partition coefficient (Wildman–Crippen LogP) is 3.60. The van der Waals surface area contributed by atoms with E-state index in [0.29, 0.717) is 17.6 Å². The van der Waals surface area contributed by atoms with Gasteiger partial charge in [-0.25, -0.2) is 4.99 Å². The Morgan fingerprint density at radius 2 is 2.08 bits per heavy atom. The van der Waals surface area contributed by atoms with E-state index >= 15 is 0 Å². The van der Waals surface area contributed by atoms with Crippen LogP contribution in [0.15, 0.2) is 23.2 Å². The highest BCUT2D eigenvalue weighted by Gasteiger charge is 2.30. The van der Waals surface area contributed by atoms with Crippen LogP contribution in [0.4, 0.5) is 0 Å². The number of hydrogen-bond donors (Lipinski definition) is 1. The average Bonchev–Trinajstić information content (AvgIpc) is 3.30. The van der Waals surface area contributed by atoms with E-state index in [0.717, 1.165) is 36.9 Å². The number of nitrogens with zero attached hydrogens (tertiary/aromatic N) is 3. The number of hydrogen-bond acceptors (Lipinski definition) is 3. The van der Waals surface area contributed by atoms with E-state index in [1.54, 1.807) is 7.11 Å². The van der Waals surface area contributed by atoms with Gasteiger partial charge in [-0.3, -0.25) is 4.90 Å². The molecule has 2 saturated heterocycles. The van der Waals surface area contributed by atoms with Crippen LogP contribution < -0.4 is 10.1 Å². The first kappa shape index (κ1) is 21.6. The third kappa shape index (κ3) is 5.39. The number of benzene rings is 1. The molecular formula is C19H30ClIN4O. The number of aliphatic imine (C=N–C) groups is 1. The van der Waals surface area contributed by atoms with Crippen LogP contribution in [0.1, 0.15) is 31.7 Å². The van der Waals surface area contributed by atoms with Crippen molar-refractivity contribution in [2.45, 2.75) is 38.8 Å². The maximum atomic E-state index is 6.05. The van der Waals surface area contributed by atoms with Crippen molar-refractivity contribution in [3.05, 3.63) is 28.8 Å². The van der Waals surface area contributed by atoms with Gasteiger partial charge >= 0.3 is 0 Å². The van der Waals surface area contributed by atoms with Gasteiger partial charge in [0.1, 0.15) is 5.75 Å². The number of nitrogens with one attached hydrogen (secondary N) is 1. The molecule has 26 heavy (non-hydrogen) atoms. The Morgan fingerprint density at radius 1 is 1.31 bits per heavy atom. The summed E-state index contributed by atoms with van der Waals surface area (Å²) in [5.41, 5.74) is 1.05. The molecule has 2 fully saturated rings. The Morgan fingerprint density at radius 3 is 2.77 bits per heavy atom.